The molecule has 0 radical (unpaired) electrons. The van der Waals surface area contributed by atoms with Crippen LogP contribution in [0.15, 0.2) is 24.3 Å². The second-order valence-corrected chi connectivity index (χ2v) is 3.33. The molecule has 0 bridgehead atoms. The number of benzene rings is 1. The summed E-state index contributed by atoms with van der Waals surface area (Å²) in [6.07, 6.45) is -0.539. The maximum Gasteiger partial charge on any atom is 0.308 e. The molecule has 0 heterocycles. The molecular weight excluding hydrogens is 218 g/mol. The van der Waals surface area contributed by atoms with Gasteiger partial charge in [0.1, 0.15) is 6.10 Å². The van der Waals surface area contributed by atoms with Crippen LogP contribution >= 0.6 is 11.6 Å². The monoisotopic (exact) mass is 229 g/mol. The van der Waals surface area contributed by atoms with Gasteiger partial charge in [-0.05, 0) is 6.07 Å². The smallest absolute Gasteiger partial charge is 0.308 e. The molecule has 0 aromatic heterocycles. The number of rotatable bonds is 4. The van der Waals surface area contributed by atoms with E-state index >= 15 is 0 Å². The first kappa shape index (κ1) is 12.0. The van der Waals surface area contributed by atoms with Crippen LogP contribution in [-0.2, 0) is 14.4 Å². The highest BCUT2D eigenvalue weighted by molar-refractivity contribution is 6.31. The largest absolute Gasteiger partial charge is 0.469 e. The number of esters is 1. The Balaban J connectivity index is 2.83. The minimum Gasteiger partial charge on any atom is -0.469 e. The van der Waals surface area contributed by atoms with E-state index in [0.717, 1.165) is 0 Å². The van der Waals surface area contributed by atoms with Gasteiger partial charge in [-0.3, -0.25) is 9.63 Å². The highest BCUT2D eigenvalue weighted by Gasteiger charge is 2.18. The van der Waals surface area contributed by atoms with Crippen molar-refractivity contribution in [3.8, 4) is 0 Å². The first-order chi connectivity index (χ1) is 7.19. The van der Waals surface area contributed by atoms with Crippen molar-refractivity contribution >= 4 is 17.6 Å². The van der Waals surface area contributed by atoms with Crippen molar-refractivity contribution in [3.63, 3.8) is 0 Å². The van der Waals surface area contributed by atoms with Crippen molar-refractivity contribution in [1.29, 1.82) is 0 Å². The van der Waals surface area contributed by atoms with Crippen LogP contribution in [0.5, 0.6) is 0 Å². The van der Waals surface area contributed by atoms with Crippen molar-refractivity contribution in [2.75, 3.05) is 7.11 Å². The number of hydrogen-bond donors (Lipinski definition) is 1. The maximum atomic E-state index is 11.1. The lowest BCUT2D eigenvalue weighted by atomic mass is 10.1. The third kappa shape index (κ3) is 3.20. The zero-order chi connectivity index (χ0) is 11.3. The number of carbonyl (C=O) groups excluding carboxylic acids is 1. The highest BCUT2D eigenvalue weighted by atomic mass is 35.5. The number of ether oxygens (including phenoxy) is 1. The van der Waals surface area contributed by atoms with Gasteiger partial charge in [0.2, 0.25) is 0 Å². The number of nitrogens with two attached hydrogens (primary N) is 1. The van der Waals surface area contributed by atoms with Crippen molar-refractivity contribution in [1.82, 2.24) is 0 Å². The van der Waals surface area contributed by atoms with Crippen LogP contribution < -0.4 is 5.90 Å². The summed E-state index contributed by atoms with van der Waals surface area (Å²) in [4.78, 5) is 15.8. The molecule has 0 aliphatic heterocycles. The average Bonchev–Trinajstić information content (AvgIpc) is 2.26. The van der Waals surface area contributed by atoms with E-state index in [1.807, 2.05) is 0 Å². The Bertz CT molecular complexity index is 343. The molecule has 0 aliphatic rings. The molecule has 0 saturated heterocycles. The molecule has 5 heteroatoms. The van der Waals surface area contributed by atoms with Crippen LogP contribution in [-0.4, -0.2) is 13.1 Å². The van der Waals surface area contributed by atoms with Gasteiger partial charge in [-0.1, -0.05) is 29.8 Å². The van der Waals surface area contributed by atoms with Gasteiger partial charge in [-0.25, -0.2) is 5.90 Å². The van der Waals surface area contributed by atoms with E-state index in [-0.39, 0.29) is 6.42 Å². The summed E-state index contributed by atoms with van der Waals surface area (Å²) in [7, 11) is 1.31. The third-order valence-electron chi connectivity index (χ3n) is 2.00. The molecule has 2 N–H and O–H groups in total. The topological polar surface area (TPSA) is 61.5 Å². The molecule has 15 heavy (non-hydrogen) atoms. The van der Waals surface area contributed by atoms with Gasteiger partial charge in [-0.2, -0.15) is 0 Å². The fourth-order valence-corrected chi connectivity index (χ4v) is 1.46. The summed E-state index contributed by atoms with van der Waals surface area (Å²) in [6.45, 7) is 0. The fraction of sp³-hybridized carbons (Fsp3) is 0.300. The average molecular weight is 230 g/mol. The van der Waals surface area contributed by atoms with Gasteiger partial charge >= 0.3 is 5.97 Å². The van der Waals surface area contributed by atoms with E-state index in [2.05, 4.69) is 4.74 Å². The van der Waals surface area contributed by atoms with Crippen LogP contribution in [0.2, 0.25) is 5.02 Å². The van der Waals surface area contributed by atoms with Gasteiger partial charge in [0.15, 0.2) is 0 Å². The minimum atomic E-state index is -0.578. The molecule has 4 nitrogen and oxygen atoms in total. The van der Waals surface area contributed by atoms with E-state index in [0.29, 0.717) is 10.6 Å². The van der Waals surface area contributed by atoms with Crippen LogP contribution in [0.25, 0.3) is 0 Å². The second-order valence-electron chi connectivity index (χ2n) is 2.93. The van der Waals surface area contributed by atoms with E-state index in [9.17, 15) is 4.79 Å². The zero-order valence-corrected chi connectivity index (χ0v) is 9.03. The normalized spacial score (nSPS) is 12.2. The Kier molecular flexibility index (Phi) is 4.55. The molecule has 1 aromatic carbocycles. The predicted octanol–water partition coefficient (Wildman–Crippen LogP) is 1.83. The molecule has 0 aliphatic carbocycles. The molecule has 1 aromatic rings. The van der Waals surface area contributed by atoms with E-state index in [4.69, 9.17) is 22.3 Å². The SMILES string of the molecule is COC(=O)CC(ON)c1ccccc1Cl. The summed E-state index contributed by atoms with van der Waals surface area (Å²) in [5, 5.41) is 0.511. The summed E-state index contributed by atoms with van der Waals surface area (Å²) in [5.41, 5.74) is 0.673. The molecular formula is C10H12ClNO3. The number of methoxy groups -OCH3 is 1. The van der Waals surface area contributed by atoms with E-state index in [1.54, 1.807) is 24.3 Å². The van der Waals surface area contributed by atoms with Gasteiger partial charge in [0, 0.05) is 10.6 Å². The van der Waals surface area contributed by atoms with Gasteiger partial charge < -0.3 is 4.74 Å². The summed E-state index contributed by atoms with van der Waals surface area (Å²) in [5.74, 6) is 4.71. The molecule has 1 unspecified atom stereocenters. The fourth-order valence-electron chi connectivity index (χ4n) is 1.20. The first-order valence-electron chi connectivity index (χ1n) is 4.35. The van der Waals surface area contributed by atoms with Crippen molar-refractivity contribution in [2.24, 2.45) is 5.90 Å². The molecule has 1 rings (SSSR count). The Labute approximate surface area is 92.9 Å². The van der Waals surface area contributed by atoms with Crippen LogP contribution in [0, 0.1) is 0 Å². The quantitative estimate of drug-likeness (QED) is 0.632. The molecule has 82 valence electrons. The van der Waals surface area contributed by atoms with Crippen LogP contribution in [0.4, 0.5) is 0 Å². The summed E-state index contributed by atoms with van der Waals surface area (Å²) in [6, 6.07) is 7.05. The first-order valence-corrected chi connectivity index (χ1v) is 4.73. The zero-order valence-electron chi connectivity index (χ0n) is 8.27. The summed E-state index contributed by atoms with van der Waals surface area (Å²) < 4.78 is 4.53. The van der Waals surface area contributed by atoms with Gasteiger partial charge in [-0.15, -0.1) is 0 Å². The lowest BCUT2D eigenvalue weighted by Gasteiger charge is -2.14. The van der Waals surface area contributed by atoms with Crippen LogP contribution in [0.3, 0.4) is 0 Å². The standard InChI is InChI=1S/C10H12ClNO3/c1-14-10(13)6-9(15-12)7-4-2-3-5-8(7)11/h2-5,9H,6,12H2,1H3. The lowest BCUT2D eigenvalue weighted by Crippen LogP contribution is -2.15. The lowest BCUT2D eigenvalue weighted by molar-refractivity contribution is -0.144. The maximum absolute atomic E-state index is 11.1. The predicted molar refractivity (Wildman–Crippen MR) is 56.1 cm³/mol. The molecule has 0 spiro atoms. The van der Waals surface area contributed by atoms with E-state index in [1.165, 1.54) is 7.11 Å². The summed E-state index contributed by atoms with van der Waals surface area (Å²) >= 11 is 5.94. The number of halogens is 1. The van der Waals surface area contributed by atoms with Crippen LogP contribution in [0.1, 0.15) is 18.1 Å². The molecule has 0 amide bonds. The Morgan fingerprint density at radius 1 is 1.53 bits per heavy atom. The highest BCUT2D eigenvalue weighted by Crippen LogP contribution is 2.26. The van der Waals surface area contributed by atoms with E-state index < -0.39 is 12.1 Å². The minimum absolute atomic E-state index is 0.0384. The second kappa shape index (κ2) is 5.70. The Hall–Kier alpha value is -1.10. The number of carbonyl (C=O) groups is 1. The van der Waals surface area contributed by atoms with Crippen molar-refractivity contribution in [2.45, 2.75) is 12.5 Å². The number of hydrogen-bond acceptors (Lipinski definition) is 4. The molecule has 0 fully saturated rings. The third-order valence-corrected chi connectivity index (χ3v) is 2.34. The Morgan fingerprint density at radius 2 is 2.20 bits per heavy atom. The molecule has 1 atom stereocenters. The Morgan fingerprint density at radius 3 is 2.73 bits per heavy atom. The van der Waals surface area contributed by atoms with Crippen molar-refractivity contribution in [3.05, 3.63) is 34.9 Å². The van der Waals surface area contributed by atoms with Crippen molar-refractivity contribution < 1.29 is 14.4 Å². The van der Waals surface area contributed by atoms with Gasteiger partial charge in [0.25, 0.3) is 0 Å². The van der Waals surface area contributed by atoms with Gasteiger partial charge in [0.05, 0.1) is 13.5 Å². The molecule has 0 saturated carbocycles.